The SMILES string of the molecule is CC(C)(C)OC(=O)NC1Cc2c(Cc3cccnc3)cccc2N(c2ccc(C(F)(F)F)cc2)C1. The summed E-state index contributed by atoms with van der Waals surface area (Å²) in [7, 11) is 0. The molecule has 0 bridgehead atoms. The molecule has 0 radical (unpaired) electrons. The Kier molecular flexibility index (Phi) is 6.74. The Morgan fingerprint density at radius 3 is 2.46 bits per heavy atom. The maximum atomic E-state index is 13.1. The lowest BCUT2D eigenvalue weighted by Gasteiger charge is -2.38. The molecule has 0 saturated heterocycles. The molecule has 0 aliphatic carbocycles. The monoisotopic (exact) mass is 483 g/mol. The highest BCUT2D eigenvalue weighted by Gasteiger charge is 2.32. The molecule has 1 atom stereocenters. The first-order valence-electron chi connectivity index (χ1n) is 11.4. The summed E-state index contributed by atoms with van der Waals surface area (Å²) < 4.78 is 44.8. The number of hydrogen-bond acceptors (Lipinski definition) is 4. The zero-order valence-corrected chi connectivity index (χ0v) is 19.9. The molecule has 1 aliphatic heterocycles. The molecule has 1 N–H and O–H groups in total. The van der Waals surface area contributed by atoms with Crippen molar-refractivity contribution in [1.82, 2.24) is 10.3 Å². The summed E-state index contributed by atoms with van der Waals surface area (Å²) >= 11 is 0. The maximum Gasteiger partial charge on any atom is 0.416 e. The summed E-state index contributed by atoms with van der Waals surface area (Å²) in [5.74, 6) is 0. The van der Waals surface area contributed by atoms with E-state index in [1.807, 2.05) is 41.4 Å². The van der Waals surface area contributed by atoms with Crippen LogP contribution in [-0.2, 0) is 23.8 Å². The molecule has 2 heterocycles. The molecule has 0 saturated carbocycles. The van der Waals surface area contributed by atoms with Crippen LogP contribution in [0.25, 0.3) is 0 Å². The highest BCUT2D eigenvalue weighted by Crippen LogP contribution is 2.38. The number of hydrogen-bond donors (Lipinski definition) is 1. The largest absolute Gasteiger partial charge is 0.444 e. The van der Waals surface area contributed by atoms with Gasteiger partial charge in [-0.1, -0.05) is 18.2 Å². The first-order chi connectivity index (χ1) is 16.5. The van der Waals surface area contributed by atoms with Crippen molar-refractivity contribution in [2.75, 3.05) is 11.4 Å². The second-order valence-electron chi connectivity index (χ2n) is 9.66. The van der Waals surface area contributed by atoms with E-state index in [0.29, 0.717) is 25.1 Å². The number of benzene rings is 2. The van der Waals surface area contributed by atoms with Gasteiger partial charge >= 0.3 is 12.3 Å². The topological polar surface area (TPSA) is 54.5 Å². The van der Waals surface area contributed by atoms with Crippen LogP contribution in [0.1, 0.15) is 43.0 Å². The van der Waals surface area contributed by atoms with E-state index in [9.17, 15) is 18.0 Å². The van der Waals surface area contributed by atoms with Crippen molar-refractivity contribution in [3.8, 4) is 0 Å². The highest BCUT2D eigenvalue weighted by molar-refractivity contribution is 5.72. The Bertz CT molecular complexity index is 1170. The van der Waals surface area contributed by atoms with Crippen LogP contribution < -0.4 is 10.2 Å². The lowest BCUT2D eigenvalue weighted by molar-refractivity contribution is -0.137. The number of amides is 1. The lowest BCUT2D eigenvalue weighted by Crippen LogP contribution is -2.48. The van der Waals surface area contributed by atoms with Crippen LogP contribution in [-0.4, -0.2) is 29.3 Å². The summed E-state index contributed by atoms with van der Waals surface area (Å²) in [5.41, 5.74) is 3.33. The predicted molar refractivity (Wildman–Crippen MR) is 129 cm³/mol. The summed E-state index contributed by atoms with van der Waals surface area (Å²) in [6.45, 7) is 5.78. The molecule has 1 amide bonds. The summed E-state index contributed by atoms with van der Waals surface area (Å²) in [5, 5.41) is 2.95. The Hall–Kier alpha value is -3.55. The number of rotatable bonds is 4. The van der Waals surface area contributed by atoms with Crippen LogP contribution in [0.2, 0.25) is 0 Å². The molecule has 1 unspecified atom stereocenters. The molecule has 0 fully saturated rings. The van der Waals surface area contributed by atoms with Crippen LogP contribution in [0.5, 0.6) is 0 Å². The minimum Gasteiger partial charge on any atom is -0.444 e. The van der Waals surface area contributed by atoms with Gasteiger partial charge in [-0.15, -0.1) is 0 Å². The van der Waals surface area contributed by atoms with Crippen molar-refractivity contribution in [1.29, 1.82) is 0 Å². The third-order valence-corrected chi connectivity index (χ3v) is 5.74. The van der Waals surface area contributed by atoms with Crippen molar-refractivity contribution >= 4 is 17.5 Å². The van der Waals surface area contributed by atoms with Crippen molar-refractivity contribution in [2.24, 2.45) is 0 Å². The fourth-order valence-corrected chi connectivity index (χ4v) is 4.27. The average molecular weight is 484 g/mol. The Morgan fingerprint density at radius 2 is 1.83 bits per heavy atom. The molecular formula is C27H28F3N3O2. The number of carbonyl (C=O) groups excluding carboxylic acids is 1. The first-order valence-corrected chi connectivity index (χ1v) is 11.4. The molecule has 2 aromatic carbocycles. The van der Waals surface area contributed by atoms with E-state index < -0.39 is 23.4 Å². The first kappa shape index (κ1) is 24.6. The number of ether oxygens (including phenoxy) is 1. The zero-order valence-electron chi connectivity index (χ0n) is 19.9. The van der Waals surface area contributed by atoms with Crippen molar-refractivity contribution in [3.05, 3.63) is 89.2 Å². The quantitative estimate of drug-likeness (QED) is 0.475. The molecule has 1 aliphatic rings. The van der Waals surface area contributed by atoms with E-state index in [1.54, 1.807) is 27.0 Å². The number of alkyl halides is 3. The highest BCUT2D eigenvalue weighted by atomic mass is 19.4. The van der Waals surface area contributed by atoms with Gasteiger partial charge in [0, 0.05) is 30.3 Å². The molecule has 4 rings (SSSR count). The maximum absolute atomic E-state index is 13.1. The second-order valence-corrected chi connectivity index (χ2v) is 9.66. The van der Waals surface area contributed by atoms with Crippen molar-refractivity contribution in [2.45, 2.75) is 51.4 Å². The van der Waals surface area contributed by atoms with Gasteiger partial charge in [0.05, 0.1) is 11.6 Å². The molecule has 1 aromatic heterocycles. The number of anilines is 2. The number of nitrogens with one attached hydrogen (secondary N) is 1. The number of fused-ring (bicyclic) bond motifs is 1. The molecule has 0 spiro atoms. The molecule has 3 aromatic rings. The fraction of sp³-hybridized carbons (Fsp3) is 0.333. The van der Waals surface area contributed by atoms with E-state index in [2.05, 4.69) is 10.3 Å². The summed E-state index contributed by atoms with van der Waals surface area (Å²) in [6, 6.07) is 14.6. The van der Waals surface area contributed by atoms with Crippen LogP contribution in [0, 0.1) is 0 Å². The van der Waals surface area contributed by atoms with Crippen LogP contribution in [0.4, 0.5) is 29.3 Å². The third kappa shape index (κ3) is 6.12. The predicted octanol–water partition coefficient (Wildman–Crippen LogP) is 6.28. The van der Waals surface area contributed by atoms with E-state index in [1.165, 1.54) is 12.1 Å². The van der Waals surface area contributed by atoms with Crippen molar-refractivity contribution in [3.63, 3.8) is 0 Å². The van der Waals surface area contributed by atoms with Gasteiger partial charge in [0.25, 0.3) is 0 Å². The van der Waals surface area contributed by atoms with E-state index in [4.69, 9.17) is 4.74 Å². The zero-order chi connectivity index (χ0) is 25.2. The van der Waals surface area contributed by atoms with E-state index >= 15 is 0 Å². The fourth-order valence-electron chi connectivity index (χ4n) is 4.27. The number of carbonyl (C=O) groups is 1. The molecule has 35 heavy (non-hydrogen) atoms. The second kappa shape index (κ2) is 9.60. The summed E-state index contributed by atoms with van der Waals surface area (Å²) in [4.78, 5) is 18.7. The van der Waals surface area contributed by atoms with Crippen LogP contribution >= 0.6 is 0 Å². The standard InChI is InChI=1S/C27H28F3N3O2/c1-26(2,3)35-25(34)32-21-15-23-19(14-18-6-5-13-31-16-18)7-4-8-24(23)33(17-21)22-11-9-20(10-12-22)27(28,29)30/h4-13,16,21H,14-15,17H2,1-3H3,(H,32,34). The molecular weight excluding hydrogens is 455 g/mol. The Balaban J connectivity index is 1.69. The minimum absolute atomic E-state index is 0.297. The lowest BCUT2D eigenvalue weighted by atomic mass is 9.90. The van der Waals surface area contributed by atoms with Gasteiger partial charge in [0.15, 0.2) is 0 Å². The molecule has 8 heteroatoms. The molecule has 184 valence electrons. The van der Waals surface area contributed by atoms with Gasteiger partial charge in [-0.05, 0) is 86.7 Å². The Labute approximate surface area is 202 Å². The van der Waals surface area contributed by atoms with Crippen molar-refractivity contribution < 1.29 is 22.7 Å². The summed E-state index contributed by atoms with van der Waals surface area (Å²) in [6.07, 6.45) is -0.179. The van der Waals surface area contributed by atoms with Crippen LogP contribution in [0.15, 0.2) is 67.0 Å². The number of alkyl carbamates (subject to hydrolysis) is 1. The van der Waals surface area contributed by atoms with Gasteiger partial charge in [-0.25, -0.2) is 4.79 Å². The number of nitrogens with zero attached hydrogens (tertiary/aromatic N) is 2. The van der Waals surface area contributed by atoms with Gasteiger partial charge in [-0.2, -0.15) is 13.2 Å². The van der Waals surface area contributed by atoms with Gasteiger partial charge in [0.1, 0.15) is 5.60 Å². The normalized spacial score (nSPS) is 15.9. The smallest absolute Gasteiger partial charge is 0.416 e. The number of halogens is 3. The average Bonchev–Trinajstić information content (AvgIpc) is 2.78. The van der Waals surface area contributed by atoms with Crippen LogP contribution in [0.3, 0.4) is 0 Å². The van der Waals surface area contributed by atoms with Gasteiger partial charge in [-0.3, -0.25) is 4.98 Å². The minimum atomic E-state index is -4.41. The van der Waals surface area contributed by atoms with Gasteiger partial charge in [0.2, 0.25) is 0 Å². The molecule has 5 nitrogen and oxygen atoms in total. The van der Waals surface area contributed by atoms with E-state index in [0.717, 1.165) is 34.5 Å². The third-order valence-electron chi connectivity index (χ3n) is 5.74. The van der Waals surface area contributed by atoms with E-state index in [-0.39, 0.29) is 6.04 Å². The Morgan fingerprint density at radius 1 is 1.09 bits per heavy atom. The number of aromatic nitrogens is 1. The van der Waals surface area contributed by atoms with Gasteiger partial charge < -0.3 is 15.0 Å². The number of pyridine rings is 1.